The summed E-state index contributed by atoms with van der Waals surface area (Å²) in [4.78, 5) is 28.0. The molecule has 1 aliphatic heterocycles. The number of nitriles is 1. The van der Waals surface area contributed by atoms with Crippen LogP contribution in [0.1, 0.15) is 27.8 Å². The molecule has 3 aromatic carbocycles. The molecule has 0 saturated heterocycles. The van der Waals surface area contributed by atoms with Gasteiger partial charge in [0, 0.05) is 5.69 Å². The Bertz CT molecular complexity index is 1260. The molecule has 3 aromatic rings. The number of benzene rings is 3. The predicted molar refractivity (Wildman–Crippen MR) is 121 cm³/mol. The third kappa shape index (κ3) is 3.72. The summed E-state index contributed by atoms with van der Waals surface area (Å²) in [6, 6.07) is 21.8. The van der Waals surface area contributed by atoms with Gasteiger partial charge in [-0.3, -0.25) is 9.59 Å². The molecule has 5 nitrogen and oxygen atoms in total. The minimum absolute atomic E-state index is 0.237. The van der Waals surface area contributed by atoms with Crippen LogP contribution in [-0.4, -0.2) is 11.8 Å². The first-order valence-electron chi connectivity index (χ1n) is 9.93. The van der Waals surface area contributed by atoms with Crippen molar-refractivity contribution in [2.45, 2.75) is 20.8 Å². The van der Waals surface area contributed by atoms with Gasteiger partial charge in [-0.05, 0) is 73.9 Å². The zero-order valence-electron chi connectivity index (χ0n) is 17.6. The highest BCUT2D eigenvalue weighted by Gasteiger charge is 2.40. The van der Waals surface area contributed by atoms with Crippen LogP contribution in [0.5, 0.6) is 0 Å². The summed E-state index contributed by atoms with van der Waals surface area (Å²) in [5.74, 6) is -0.823. The number of anilines is 2. The van der Waals surface area contributed by atoms with Crippen molar-refractivity contribution >= 4 is 28.8 Å². The molecule has 1 N–H and O–H groups in total. The van der Waals surface area contributed by atoms with Gasteiger partial charge in [-0.25, -0.2) is 4.90 Å². The number of carbonyl (C=O) groups excluding carboxylic acids is 2. The number of amides is 2. The SMILES string of the molecule is Cc1ccc(NC2=C(c3ccc(C)c(C)c3)C(=O)N(c3ccc(C#N)cc3)C2=O)cc1. The zero-order chi connectivity index (χ0) is 22.1. The lowest BCUT2D eigenvalue weighted by atomic mass is 9.99. The molecule has 2 amide bonds. The first kappa shape index (κ1) is 20.1. The van der Waals surface area contributed by atoms with Crippen LogP contribution >= 0.6 is 0 Å². The van der Waals surface area contributed by atoms with Gasteiger partial charge in [0.25, 0.3) is 11.8 Å². The molecule has 4 rings (SSSR count). The molecule has 5 heteroatoms. The van der Waals surface area contributed by atoms with E-state index in [1.165, 1.54) is 0 Å². The standard InChI is InChI=1S/C26H21N3O2/c1-16-4-10-21(11-5-16)28-24-23(20-9-6-17(2)18(3)14-20)25(30)29(26(24)31)22-12-7-19(15-27)8-13-22/h4-14,28H,1-3H3. The maximum Gasteiger partial charge on any atom is 0.282 e. The van der Waals surface area contributed by atoms with Gasteiger partial charge in [-0.15, -0.1) is 0 Å². The van der Waals surface area contributed by atoms with Gasteiger partial charge >= 0.3 is 0 Å². The van der Waals surface area contributed by atoms with E-state index in [0.717, 1.165) is 27.3 Å². The average Bonchev–Trinajstić information content (AvgIpc) is 3.01. The molecule has 0 bridgehead atoms. The molecular weight excluding hydrogens is 386 g/mol. The minimum Gasteiger partial charge on any atom is -0.350 e. The van der Waals surface area contributed by atoms with Gasteiger partial charge in [-0.1, -0.05) is 35.9 Å². The number of nitrogens with one attached hydrogen (secondary N) is 1. The van der Waals surface area contributed by atoms with Crippen molar-refractivity contribution in [2.75, 3.05) is 10.2 Å². The topological polar surface area (TPSA) is 73.2 Å². The molecule has 0 aromatic heterocycles. The second-order valence-corrected chi connectivity index (χ2v) is 7.64. The molecule has 1 aliphatic rings. The quantitative estimate of drug-likeness (QED) is 0.626. The predicted octanol–water partition coefficient (Wildman–Crippen LogP) is 4.88. The number of imide groups is 1. The van der Waals surface area contributed by atoms with E-state index < -0.39 is 11.8 Å². The maximum atomic E-state index is 13.5. The summed E-state index contributed by atoms with van der Waals surface area (Å²) in [7, 11) is 0. The molecule has 31 heavy (non-hydrogen) atoms. The number of carbonyl (C=O) groups is 2. The van der Waals surface area contributed by atoms with Crippen LogP contribution in [0.3, 0.4) is 0 Å². The Balaban J connectivity index is 1.82. The highest BCUT2D eigenvalue weighted by Crippen LogP contribution is 2.34. The van der Waals surface area contributed by atoms with Crippen molar-refractivity contribution in [2.24, 2.45) is 0 Å². The summed E-state index contributed by atoms with van der Waals surface area (Å²) in [6.07, 6.45) is 0. The lowest BCUT2D eigenvalue weighted by Gasteiger charge is -2.15. The third-order valence-electron chi connectivity index (χ3n) is 5.46. The van der Waals surface area contributed by atoms with Crippen LogP contribution in [0.2, 0.25) is 0 Å². The maximum absolute atomic E-state index is 13.5. The van der Waals surface area contributed by atoms with Crippen molar-refractivity contribution in [3.8, 4) is 6.07 Å². The van der Waals surface area contributed by atoms with Crippen molar-refractivity contribution in [1.29, 1.82) is 5.26 Å². The van der Waals surface area contributed by atoms with Crippen LogP contribution in [0.4, 0.5) is 11.4 Å². The number of rotatable bonds is 4. The smallest absolute Gasteiger partial charge is 0.282 e. The monoisotopic (exact) mass is 407 g/mol. The molecule has 152 valence electrons. The molecule has 0 aliphatic carbocycles. The molecule has 0 radical (unpaired) electrons. The summed E-state index contributed by atoms with van der Waals surface area (Å²) in [6.45, 7) is 5.97. The lowest BCUT2D eigenvalue weighted by molar-refractivity contribution is -0.120. The van der Waals surface area contributed by atoms with Gasteiger partial charge in [0.1, 0.15) is 5.70 Å². The molecule has 0 fully saturated rings. The van der Waals surface area contributed by atoms with E-state index >= 15 is 0 Å². The fourth-order valence-corrected chi connectivity index (χ4v) is 3.51. The Morgan fingerprint density at radius 1 is 0.806 bits per heavy atom. The number of hydrogen-bond donors (Lipinski definition) is 1. The largest absolute Gasteiger partial charge is 0.350 e. The number of hydrogen-bond acceptors (Lipinski definition) is 4. The normalized spacial score (nSPS) is 13.5. The van der Waals surface area contributed by atoms with E-state index in [1.54, 1.807) is 24.3 Å². The van der Waals surface area contributed by atoms with Gasteiger partial charge in [-0.2, -0.15) is 5.26 Å². The highest BCUT2D eigenvalue weighted by molar-refractivity contribution is 6.46. The summed E-state index contributed by atoms with van der Waals surface area (Å²) in [5.41, 5.74) is 6.12. The van der Waals surface area contributed by atoms with Crippen molar-refractivity contribution in [1.82, 2.24) is 0 Å². The van der Waals surface area contributed by atoms with E-state index in [-0.39, 0.29) is 5.70 Å². The summed E-state index contributed by atoms with van der Waals surface area (Å²) < 4.78 is 0. The first-order valence-corrected chi connectivity index (χ1v) is 9.93. The Morgan fingerprint density at radius 3 is 2.10 bits per heavy atom. The molecule has 0 spiro atoms. The first-order chi connectivity index (χ1) is 14.9. The number of aryl methyl sites for hydroxylation is 3. The Hall–Kier alpha value is -4.17. The lowest BCUT2D eigenvalue weighted by Crippen LogP contribution is -2.32. The summed E-state index contributed by atoms with van der Waals surface area (Å²) >= 11 is 0. The van der Waals surface area contributed by atoms with Crippen LogP contribution in [-0.2, 0) is 9.59 Å². The number of nitrogens with zero attached hydrogens (tertiary/aromatic N) is 2. The highest BCUT2D eigenvalue weighted by atomic mass is 16.2. The van der Waals surface area contributed by atoms with Crippen LogP contribution in [0, 0.1) is 32.1 Å². The Kier molecular flexibility index (Phi) is 5.14. The van der Waals surface area contributed by atoms with Crippen molar-refractivity contribution < 1.29 is 9.59 Å². The average molecular weight is 407 g/mol. The minimum atomic E-state index is -0.427. The van der Waals surface area contributed by atoms with Gasteiger partial charge < -0.3 is 5.32 Å². The fraction of sp³-hybridized carbons (Fsp3) is 0.115. The molecule has 0 unspecified atom stereocenters. The van der Waals surface area contributed by atoms with E-state index in [9.17, 15) is 9.59 Å². The van der Waals surface area contributed by atoms with E-state index in [0.29, 0.717) is 22.4 Å². The second-order valence-electron chi connectivity index (χ2n) is 7.64. The van der Waals surface area contributed by atoms with E-state index in [4.69, 9.17) is 5.26 Å². The molecular formula is C26H21N3O2. The van der Waals surface area contributed by atoms with E-state index in [2.05, 4.69) is 5.32 Å². The second kappa shape index (κ2) is 7.92. The zero-order valence-corrected chi connectivity index (χ0v) is 17.6. The fourth-order valence-electron chi connectivity index (χ4n) is 3.51. The van der Waals surface area contributed by atoms with Crippen LogP contribution in [0.15, 0.2) is 72.4 Å². The van der Waals surface area contributed by atoms with Crippen molar-refractivity contribution in [3.63, 3.8) is 0 Å². The Morgan fingerprint density at radius 2 is 1.48 bits per heavy atom. The Labute approximate surface area is 181 Å². The van der Waals surface area contributed by atoms with Crippen LogP contribution in [0.25, 0.3) is 5.57 Å². The van der Waals surface area contributed by atoms with Crippen molar-refractivity contribution in [3.05, 3.63) is 100 Å². The molecule has 0 atom stereocenters. The molecule has 1 heterocycles. The van der Waals surface area contributed by atoms with Gasteiger partial charge in [0.05, 0.1) is 22.9 Å². The van der Waals surface area contributed by atoms with E-state index in [1.807, 2.05) is 69.3 Å². The third-order valence-corrected chi connectivity index (χ3v) is 5.46. The van der Waals surface area contributed by atoms with Gasteiger partial charge in [0.2, 0.25) is 0 Å². The summed E-state index contributed by atoms with van der Waals surface area (Å²) in [5, 5.41) is 12.2. The van der Waals surface area contributed by atoms with Gasteiger partial charge in [0.15, 0.2) is 0 Å². The van der Waals surface area contributed by atoms with Crippen LogP contribution < -0.4 is 10.2 Å². The molecule has 0 saturated carbocycles.